The van der Waals surface area contributed by atoms with Crippen molar-refractivity contribution < 1.29 is 19.1 Å². The maximum Gasteiger partial charge on any atom is 0.348 e. The minimum atomic E-state index is -0.663. The molecule has 0 amide bonds. The van der Waals surface area contributed by atoms with Crippen LogP contribution in [-0.4, -0.2) is 23.9 Å². The van der Waals surface area contributed by atoms with E-state index in [0.29, 0.717) is 23.6 Å². The maximum atomic E-state index is 11.6. The molecular formula is C16H15NO5. The molecule has 0 unspecified atom stereocenters. The highest BCUT2D eigenvalue weighted by molar-refractivity contribution is 5.90. The van der Waals surface area contributed by atoms with E-state index >= 15 is 0 Å². The van der Waals surface area contributed by atoms with Crippen LogP contribution in [0.15, 0.2) is 44.5 Å². The van der Waals surface area contributed by atoms with Crippen LogP contribution in [0.4, 0.5) is 5.69 Å². The van der Waals surface area contributed by atoms with Crippen molar-refractivity contribution in [1.29, 1.82) is 0 Å². The highest BCUT2D eigenvalue weighted by Crippen LogP contribution is 2.16. The molecule has 0 atom stereocenters. The highest BCUT2D eigenvalue weighted by Gasteiger charge is 2.08. The number of aliphatic imine (C=N–C) groups is 1. The van der Waals surface area contributed by atoms with Gasteiger partial charge in [0, 0.05) is 12.3 Å². The molecule has 6 nitrogen and oxygen atoms in total. The van der Waals surface area contributed by atoms with Gasteiger partial charge < -0.3 is 14.3 Å². The molecule has 1 heterocycles. The molecule has 0 aliphatic rings. The van der Waals surface area contributed by atoms with E-state index in [2.05, 4.69) is 4.99 Å². The molecule has 0 saturated heterocycles. The van der Waals surface area contributed by atoms with Crippen LogP contribution in [-0.2, 0) is 4.74 Å². The Hall–Kier alpha value is -2.89. The lowest BCUT2D eigenvalue weighted by Crippen LogP contribution is -2.07. The third-order valence-electron chi connectivity index (χ3n) is 2.81. The van der Waals surface area contributed by atoms with Crippen LogP contribution < -0.4 is 5.63 Å². The first-order valence-corrected chi connectivity index (χ1v) is 6.66. The van der Waals surface area contributed by atoms with Crippen molar-refractivity contribution in [2.75, 3.05) is 6.61 Å². The van der Waals surface area contributed by atoms with Gasteiger partial charge in [0.1, 0.15) is 17.1 Å². The van der Waals surface area contributed by atoms with Crippen LogP contribution in [0.1, 0.15) is 28.6 Å². The van der Waals surface area contributed by atoms with Crippen molar-refractivity contribution in [3.8, 4) is 5.75 Å². The summed E-state index contributed by atoms with van der Waals surface area (Å²) in [6, 6.07) is 7.70. The Balaban J connectivity index is 2.21. The molecule has 1 aromatic heterocycles. The minimum absolute atomic E-state index is 0.0277. The summed E-state index contributed by atoms with van der Waals surface area (Å²) < 4.78 is 9.76. The zero-order valence-electron chi connectivity index (χ0n) is 12.2. The van der Waals surface area contributed by atoms with E-state index in [1.807, 2.05) is 0 Å². The molecule has 0 fully saturated rings. The second-order valence-electron chi connectivity index (χ2n) is 4.47. The molecule has 0 aliphatic heterocycles. The zero-order valence-corrected chi connectivity index (χ0v) is 12.2. The van der Waals surface area contributed by atoms with E-state index in [4.69, 9.17) is 9.15 Å². The predicted molar refractivity (Wildman–Crippen MR) is 81.0 cm³/mol. The molecule has 22 heavy (non-hydrogen) atoms. The third kappa shape index (κ3) is 3.60. The Morgan fingerprint density at radius 3 is 2.64 bits per heavy atom. The second-order valence-corrected chi connectivity index (χ2v) is 4.47. The average molecular weight is 301 g/mol. The van der Waals surface area contributed by atoms with Gasteiger partial charge in [0.05, 0.1) is 17.9 Å². The number of benzene rings is 1. The summed E-state index contributed by atoms with van der Waals surface area (Å²) in [5.41, 5.74) is 0.246. The number of carbonyl (C=O) groups is 1. The second kappa shape index (κ2) is 6.71. The number of carbonyl (C=O) groups excluding carboxylic acids is 1. The highest BCUT2D eigenvalue weighted by atomic mass is 16.5. The fourth-order valence-corrected chi connectivity index (χ4v) is 1.76. The van der Waals surface area contributed by atoms with Gasteiger partial charge in [-0.3, -0.25) is 4.99 Å². The molecular weight excluding hydrogens is 286 g/mol. The average Bonchev–Trinajstić information content (AvgIpc) is 2.47. The number of aryl methyl sites for hydroxylation is 1. The summed E-state index contributed by atoms with van der Waals surface area (Å²) in [6.07, 6.45) is 1.22. The zero-order chi connectivity index (χ0) is 16.1. The fourth-order valence-electron chi connectivity index (χ4n) is 1.76. The summed E-state index contributed by atoms with van der Waals surface area (Å²) in [7, 11) is 0. The normalized spacial score (nSPS) is 10.8. The van der Waals surface area contributed by atoms with Crippen molar-refractivity contribution in [3.63, 3.8) is 0 Å². The molecule has 2 aromatic rings. The Labute approximate surface area is 126 Å². The molecule has 6 heteroatoms. The lowest BCUT2D eigenvalue weighted by Gasteiger charge is -2.01. The lowest BCUT2D eigenvalue weighted by atomic mass is 10.2. The van der Waals surface area contributed by atoms with Gasteiger partial charge in [-0.2, -0.15) is 0 Å². The molecule has 114 valence electrons. The number of esters is 1. The van der Waals surface area contributed by atoms with Crippen molar-refractivity contribution >= 4 is 17.9 Å². The summed E-state index contributed by atoms with van der Waals surface area (Å²) in [6.45, 7) is 3.60. The first-order chi connectivity index (χ1) is 10.5. The van der Waals surface area contributed by atoms with Gasteiger partial charge in [-0.05, 0) is 38.1 Å². The van der Waals surface area contributed by atoms with Gasteiger partial charge in [0.2, 0.25) is 0 Å². The summed E-state index contributed by atoms with van der Waals surface area (Å²) >= 11 is 0. The molecule has 1 aromatic carbocycles. The van der Waals surface area contributed by atoms with Crippen molar-refractivity contribution in [2.24, 2.45) is 4.99 Å². The Morgan fingerprint density at radius 2 is 2.05 bits per heavy atom. The van der Waals surface area contributed by atoms with Crippen molar-refractivity contribution in [1.82, 2.24) is 0 Å². The quantitative estimate of drug-likeness (QED) is 0.692. The Kier molecular flexibility index (Phi) is 4.73. The number of hydrogen-bond acceptors (Lipinski definition) is 6. The van der Waals surface area contributed by atoms with Gasteiger partial charge in [0.15, 0.2) is 0 Å². The van der Waals surface area contributed by atoms with Crippen LogP contribution in [0, 0.1) is 6.92 Å². The molecule has 1 N–H and O–H groups in total. The van der Waals surface area contributed by atoms with Crippen LogP contribution in [0.25, 0.3) is 0 Å². The SMILES string of the molecule is CCOC(=O)c1ccc(N=Cc2c(O)cc(C)oc2=O)cc1. The fraction of sp³-hybridized carbons (Fsp3) is 0.188. The monoisotopic (exact) mass is 301 g/mol. The van der Waals surface area contributed by atoms with E-state index in [1.165, 1.54) is 12.3 Å². The van der Waals surface area contributed by atoms with Gasteiger partial charge in [-0.1, -0.05) is 0 Å². The van der Waals surface area contributed by atoms with Crippen molar-refractivity contribution in [3.05, 3.63) is 57.6 Å². The van der Waals surface area contributed by atoms with Gasteiger partial charge in [-0.25, -0.2) is 9.59 Å². The van der Waals surface area contributed by atoms with Gasteiger partial charge in [-0.15, -0.1) is 0 Å². The molecule has 0 saturated carbocycles. The predicted octanol–water partition coefficient (Wildman–Crippen LogP) is 2.58. The Morgan fingerprint density at radius 1 is 1.36 bits per heavy atom. The lowest BCUT2D eigenvalue weighted by molar-refractivity contribution is 0.0526. The van der Waals surface area contributed by atoms with Gasteiger partial charge in [0.25, 0.3) is 0 Å². The number of rotatable bonds is 4. The molecule has 0 bridgehead atoms. The van der Waals surface area contributed by atoms with E-state index in [1.54, 1.807) is 38.1 Å². The molecule has 2 rings (SSSR count). The third-order valence-corrected chi connectivity index (χ3v) is 2.81. The number of ether oxygens (including phenoxy) is 1. The number of hydrogen-bond donors (Lipinski definition) is 1. The van der Waals surface area contributed by atoms with E-state index in [-0.39, 0.29) is 11.3 Å². The topological polar surface area (TPSA) is 89.1 Å². The molecule has 0 aliphatic carbocycles. The largest absolute Gasteiger partial charge is 0.507 e. The maximum absolute atomic E-state index is 11.6. The number of aromatic hydroxyl groups is 1. The smallest absolute Gasteiger partial charge is 0.348 e. The summed E-state index contributed by atoms with van der Waals surface area (Å²) in [4.78, 5) is 27.2. The standard InChI is InChI=1S/C16H15NO5/c1-3-21-15(19)11-4-6-12(7-5-11)17-9-13-14(18)8-10(2)22-16(13)20/h4-9,18H,3H2,1-2H3. The van der Waals surface area contributed by atoms with Crippen molar-refractivity contribution in [2.45, 2.75) is 13.8 Å². The van der Waals surface area contributed by atoms with Gasteiger partial charge >= 0.3 is 11.6 Å². The molecule has 0 radical (unpaired) electrons. The van der Waals surface area contributed by atoms with E-state index < -0.39 is 11.6 Å². The first-order valence-electron chi connectivity index (χ1n) is 6.66. The molecule has 0 spiro atoms. The van der Waals surface area contributed by atoms with Crippen LogP contribution in [0.2, 0.25) is 0 Å². The van der Waals surface area contributed by atoms with Crippen LogP contribution in [0.5, 0.6) is 5.75 Å². The van der Waals surface area contributed by atoms with Crippen LogP contribution >= 0.6 is 0 Å². The van der Waals surface area contributed by atoms with Crippen LogP contribution in [0.3, 0.4) is 0 Å². The Bertz CT molecular complexity index is 759. The summed E-state index contributed by atoms with van der Waals surface area (Å²) in [5, 5.41) is 9.71. The van der Waals surface area contributed by atoms with E-state index in [0.717, 1.165) is 0 Å². The van der Waals surface area contributed by atoms with E-state index in [9.17, 15) is 14.7 Å². The summed E-state index contributed by atoms with van der Waals surface area (Å²) in [5.74, 6) is -0.283. The minimum Gasteiger partial charge on any atom is -0.507 e. The number of nitrogens with zero attached hydrogens (tertiary/aromatic N) is 1. The first kappa shape index (κ1) is 15.5.